The molecule has 0 aromatic carbocycles. The number of nitrogens with zero attached hydrogens (tertiary/aromatic N) is 6. The molecule has 9 nitrogen and oxygen atoms in total. The molecular formula is C16H18N8OS. The molecule has 3 aromatic rings. The first kappa shape index (κ1) is 16.6. The molecule has 0 unspecified atom stereocenters. The van der Waals surface area contributed by atoms with Gasteiger partial charge in [-0.3, -0.25) is 4.79 Å². The number of fused-ring (bicyclic) bond motifs is 1. The average molecular weight is 370 g/mol. The van der Waals surface area contributed by atoms with E-state index in [-0.39, 0.29) is 0 Å². The van der Waals surface area contributed by atoms with Gasteiger partial charge in [-0.15, -0.1) is 21.5 Å². The quantitative estimate of drug-likeness (QED) is 0.701. The first-order valence-electron chi connectivity index (χ1n) is 8.19. The molecule has 1 fully saturated rings. The molecule has 0 saturated carbocycles. The van der Waals surface area contributed by atoms with Crippen molar-refractivity contribution in [3.8, 4) is 0 Å². The van der Waals surface area contributed by atoms with Gasteiger partial charge in [0.2, 0.25) is 5.95 Å². The van der Waals surface area contributed by atoms with Crippen LogP contribution in [-0.2, 0) is 0 Å². The number of nitrogens with two attached hydrogens (primary N) is 1. The summed E-state index contributed by atoms with van der Waals surface area (Å²) >= 11 is 1.27. The number of amides is 1. The molecule has 1 aliphatic heterocycles. The molecule has 0 radical (unpaired) electrons. The number of hydrogen-bond acceptors (Lipinski definition) is 9. The van der Waals surface area contributed by atoms with Crippen LogP contribution in [0.25, 0.3) is 10.2 Å². The fourth-order valence-electron chi connectivity index (χ4n) is 2.73. The minimum atomic E-state index is -0.465. The third-order valence-electron chi connectivity index (χ3n) is 4.23. The third-order valence-corrected chi connectivity index (χ3v) is 5.30. The van der Waals surface area contributed by atoms with Crippen molar-refractivity contribution in [3.63, 3.8) is 0 Å². The highest BCUT2D eigenvalue weighted by Crippen LogP contribution is 2.24. The van der Waals surface area contributed by atoms with Crippen LogP contribution in [0.4, 0.5) is 17.6 Å². The summed E-state index contributed by atoms with van der Waals surface area (Å²) in [5.41, 5.74) is 5.97. The predicted molar refractivity (Wildman–Crippen MR) is 101 cm³/mol. The van der Waals surface area contributed by atoms with Crippen molar-refractivity contribution >= 4 is 45.0 Å². The summed E-state index contributed by atoms with van der Waals surface area (Å²) < 4.78 is 0.806. The van der Waals surface area contributed by atoms with Gasteiger partial charge in [-0.1, -0.05) is 0 Å². The Hall–Kier alpha value is -2.85. The van der Waals surface area contributed by atoms with Crippen LogP contribution in [0.5, 0.6) is 0 Å². The van der Waals surface area contributed by atoms with E-state index < -0.39 is 5.91 Å². The van der Waals surface area contributed by atoms with Crippen LogP contribution in [-0.4, -0.2) is 64.2 Å². The Morgan fingerprint density at radius 1 is 1.23 bits per heavy atom. The van der Waals surface area contributed by atoms with Crippen molar-refractivity contribution in [1.29, 1.82) is 0 Å². The number of thiophene rings is 1. The molecule has 3 N–H and O–H groups in total. The Morgan fingerprint density at radius 3 is 2.73 bits per heavy atom. The number of rotatable bonds is 4. The van der Waals surface area contributed by atoms with E-state index in [9.17, 15) is 4.79 Å². The minimum Gasteiger partial charge on any atom is -0.365 e. The van der Waals surface area contributed by atoms with E-state index in [4.69, 9.17) is 5.73 Å². The Bertz CT molecular complexity index is 933. The molecule has 134 valence electrons. The van der Waals surface area contributed by atoms with E-state index >= 15 is 0 Å². The zero-order valence-electron chi connectivity index (χ0n) is 14.2. The number of primary amides is 1. The van der Waals surface area contributed by atoms with Crippen LogP contribution < -0.4 is 16.0 Å². The van der Waals surface area contributed by atoms with E-state index in [0.29, 0.717) is 22.2 Å². The van der Waals surface area contributed by atoms with Crippen molar-refractivity contribution in [1.82, 2.24) is 25.1 Å². The van der Waals surface area contributed by atoms with Gasteiger partial charge in [0, 0.05) is 26.2 Å². The van der Waals surface area contributed by atoms with Gasteiger partial charge < -0.3 is 20.9 Å². The lowest BCUT2D eigenvalue weighted by atomic mass is 10.3. The fraction of sp³-hybridized carbons (Fsp3) is 0.312. The molecule has 0 spiro atoms. The van der Waals surface area contributed by atoms with Crippen LogP contribution >= 0.6 is 11.3 Å². The van der Waals surface area contributed by atoms with Crippen molar-refractivity contribution in [2.75, 3.05) is 43.4 Å². The lowest BCUT2D eigenvalue weighted by Gasteiger charge is -2.32. The molecule has 0 bridgehead atoms. The van der Waals surface area contributed by atoms with E-state index in [1.807, 2.05) is 12.1 Å². The third kappa shape index (κ3) is 3.41. The van der Waals surface area contributed by atoms with Crippen LogP contribution in [0.3, 0.4) is 0 Å². The van der Waals surface area contributed by atoms with E-state index in [1.54, 1.807) is 12.3 Å². The van der Waals surface area contributed by atoms with Crippen molar-refractivity contribution in [2.24, 2.45) is 5.73 Å². The SMILES string of the molecule is CN1CCN(c2ccc(Nc3ncc4sc(C(N)=O)cc4n3)nn2)CC1. The van der Waals surface area contributed by atoms with Crippen LogP contribution in [0, 0.1) is 0 Å². The highest BCUT2D eigenvalue weighted by atomic mass is 32.1. The second-order valence-electron chi connectivity index (χ2n) is 6.11. The number of anilines is 3. The molecule has 0 atom stereocenters. The molecule has 1 aliphatic rings. The number of aromatic nitrogens is 4. The first-order valence-corrected chi connectivity index (χ1v) is 9.01. The maximum Gasteiger partial charge on any atom is 0.258 e. The molecular weight excluding hydrogens is 352 g/mol. The summed E-state index contributed by atoms with van der Waals surface area (Å²) in [6, 6.07) is 5.46. The topological polar surface area (TPSA) is 113 Å². The summed E-state index contributed by atoms with van der Waals surface area (Å²) in [6.07, 6.45) is 1.66. The number of piperazine rings is 1. The summed E-state index contributed by atoms with van der Waals surface area (Å²) in [4.78, 5) is 24.9. The molecule has 4 rings (SSSR count). The normalized spacial score (nSPS) is 15.3. The molecule has 4 heterocycles. The highest BCUT2D eigenvalue weighted by molar-refractivity contribution is 7.20. The van der Waals surface area contributed by atoms with Gasteiger partial charge in [-0.05, 0) is 25.2 Å². The number of likely N-dealkylation sites (N-methyl/N-ethyl adjacent to an activating group) is 1. The average Bonchev–Trinajstić information content (AvgIpc) is 3.07. The van der Waals surface area contributed by atoms with Crippen molar-refractivity contribution in [2.45, 2.75) is 0 Å². The van der Waals surface area contributed by atoms with Gasteiger partial charge in [0.05, 0.1) is 21.3 Å². The zero-order chi connectivity index (χ0) is 18.1. The molecule has 0 aliphatic carbocycles. The van der Waals surface area contributed by atoms with Gasteiger partial charge in [0.15, 0.2) is 11.6 Å². The Labute approximate surface area is 153 Å². The highest BCUT2D eigenvalue weighted by Gasteiger charge is 2.15. The summed E-state index contributed by atoms with van der Waals surface area (Å²) in [5, 5.41) is 11.5. The largest absolute Gasteiger partial charge is 0.365 e. The van der Waals surface area contributed by atoms with E-state index in [2.05, 4.69) is 42.3 Å². The predicted octanol–water partition coefficient (Wildman–Crippen LogP) is 1.08. The zero-order valence-corrected chi connectivity index (χ0v) is 15.0. The number of carbonyl (C=O) groups is 1. The molecule has 3 aromatic heterocycles. The summed E-state index contributed by atoms with van der Waals surface area (Å²) in [6.45, 7) is 3.92. The van der Waals surface area contributed by atoms with Crippen LogP contribution in [0.15, 0.2) is 24.4 Å². The van der Waals surface area contributed by atoms with Gasteiger partial charge in [0.1, 0.15) is 0 Å². The van der Waals surface area contributed by atoms with E-state index in [0.717, 1.165) is 36.7 Å². The van der Waals surface area contributed by atoms with Crippen molar-refractivity contribution < 1.29 is 4.79 Å². The molecule has 1 saturated heterocycles. The fourth-order valence-corrected chi connectivity index (χ4v) is 3.55. The van der Waals surface area contributed by atoms with E-state index in [1.165, 1.54) is 11.3 Å². The maximum atomic E-state index is 11.3. The lowest BCUT2D eigenvalue weighted by Crippen LogP contribution is -2.44. The summed E-state index contributed by atoms with van der Waals surface area (Å²) in [5.74, 6) is 1.36. The van der Waals surface area contributed by atoms with Crippen LogP contribution in [0.2, 0.25) is 0 Å². The first-order chi connectivity index (χ1) is 12.6. The second kappa shape index (κ2) is 6.81. The molecule has 26 heavy (non-hydrogen) atoms. The standard InChI is InChI=1S/C16H18N8OS/c1-23-4-6-24(7-5-23)14-3-2-13(21-22-14)20-16-18-9-12-10(19-16)8-11(26-12)15(17)25/h2-3,8-9H,4-7H2,1H3,(H2,17,25)(H,18,19,20,21). The number of hydrogen-bond donors (Lipinski definition) is 2. The molecule has 10 heteroatoms. The molecule has 1 amide bonds. The van der Waals surface area contributed by atoms with Gasteiger partial charge >= 0.3 is 0 Å². The number of nitrogens with one attached hydrogen (secondary N) is 1. The number of carbonyl (C=O) groups excluding carboxylic acids is 1. The Kier molecular flexibility index (Phi) is 4.35. The summed E-state index contributed by atoms with van der Waals surface area (Å²) in [7, 11) is 2.12. The maximum absolute atomic E-state index is 11.3. The van der Waals surface area contributed by atoms with Crippen molar-refractivity contribution in [3.05, 3.63) is 29.3 Å². The van der Waals surface area contributed by atoms with Crippen LogP contribution in [0.1, 0.15) is 9.67 Å². The minimum absolute atomic E-state index is 0.396. The Morgan fingerprint density at radius 2 is 2.04 bits per heavy atom. The van der Waals surface area contributed by atoms with Gasteiger partial charge in [0.25, 0.3) is 5.91 Å². The van der Waals surface area contributed by atoms with Gasteiger partial charge in [-0.25, -0.2) is 9.97 Å². The lowest BCUT2D eigenvalue weighted by molar-refractivity contribution is 0.100. The second-order valence-corrected chi connectivity index (χ2v) is 7.19. The Balaban J connectivity index is 1.48. The van der Waals surface area contributed by atoms with Gasteiger partial charge in [-0.2, -0.15) is 0 Å². The monoisotopic (exact) mass is 370 g/mol. The smallest absolute Gasteiger partial charge is 0.258 e.